The zero-order valence-electron chi connectivity index (χ0n) is 8.16. The summed E-state index contributed by atoms with van der Waals surface area (Å²) < 4.78 is 5.21. The Morgan fingerprint density at radius 1 is 1.62 bits per heavy atom. The molecular formula is C9H15N3O. The molecule has 2 heterocycles. The van der Waals surface area contributed by atoms with Crippen molar-refractivity contribution in [3.05, 3.63) is 11.7 Å². The van der Waals surface area contributed by atoms with Crippen molar-refractivity contribution in [3.8, 4) is 0 Å². The normalized spacial score (nSPS) is 24.0. The van der Waals surface area contributed by atoms with E-state index in [1.807, 2.05) is 6.92 Å². The van der Waals surface area contributed by atoms with Crippen LogP contribution in [0.3, 0.4) is 0 Å². The highest BCUT2D eigenvalue weighted by Gasteiger charge is 2.27. The Labute approximate surface area is 77.9 Å². The smallest absolute Gasteiger partial charge is 0.243 e. The maximum Gasteiger partial charge on any atom is 0.243 e. The van der Waals surface area contributed by atoms with Gasteiger partial charge in [0.05, 0.1) is 6.04 Å². The van der Waals surface area contributed by atoms with Crippen LogP contribution in [0, 0.1) is 0 Å². The van der Waals surface area contributed by atoms with Crippen LogP contribution in [0.2, 0.25) is 0 Å². The average Bonchev–Trinajstić information content (AvgIpc) is 2.71. The van der Waals surface area contributed by atoms with Crippen molar-refractivity contribution in [2.75, 3.05) is 13.6 Å². The molecule has 0 saturated carbocycles. The summed E-state index contributed by atoms with van der Waals surface area (Å²) in [5, 5.41) is 3.90. The molecule has 0 amide bonds. The maximum absolute atomic E-state index is 5.21. The fourth-order valence-electron chi connectivity index (χ4n) is 1.77. The fourth-order valence-corrected chi connectivity index (χ4v) is 1.77. The van der Waals surface area contributed by atoms with E-state index in [0.29, 0.717) is 6.04 Å². The maximum atomic E-state index is 5.21. The summed E-state index contributed by atoms with van der Waals surface area (Å²) in [5.41, 5.74) is 0. The molecule has 0 aliphatic carbocycles. The summed E-state index contributed by atoms with van der Waals surface area (Å²) in [5.74, 6) is 1.60. The van der Waals surface area contributed by atoms with E-state index in [1.54, 1.807) is 0 Å². The molecule has 72 valence electrons. The number of rotatable bonds is 2. The molecule has 2 rings (SSSR count). The minimum Gasteiger partial charge on any atom is -0.338 e. The minimum absolute atomic E-state index is 0.354. The Morgan fingerprint density at radius 2 is 2.46 bits per heavy atom. The standard InChI is InChI=1S/C9H15N3O/c1-3-8-10-9(13-11-8)7-5-4-6-12(7)2/h7H,3-6H2,1-2H3. The summed E-state index contributed by atoms with van der Waals surface area (Å²) in [6.07, 6.45) is 3.22. The van der Waals surface area contributed by atoms with Gasteiger partial charge < -0.3 is 4.52 Å². The summed E-state index contributed by atoms with van der Waals surface area (Å²) in [7, 11) is 2.10. The molecule has 1 unspecified atom stereocenters. The van der Waals surface area contributed by atoms with Crippen molar-refractivity contribution in [2.45, 2.75) is 32.2 Å². The van der Waals surface area contributed by atoms with Gasteiger partial charge in [0.1, 0.15) is 0 Å². The van der Waals surface area contributed by atoms with E-state index in [1.165, 1.54) is 6.42 Å². The predicted octanol–water partition coefficient (Wildman–Crippen LogP) is 1.40. The Hall–Kier alpha value is -0.900. The van der Waals surface area contributed by atoms with Gasteiger partial charge in [0.25, 0.3) is 0 Å². The Kier molecular flexibility index (Phi) is 2.31. The van der Waals surface area contributed by atoms with E-state index in [9.17, 15) is 0 Å². The molecule has 0 spiro atoms. The largest absolute Gasteiger partial charge is 0.338 e. The van der Waals surface area contributed by atoms with Crippen LogP contribution in [-0.4, -0.2) is 28.6 Å². The third-order valence-corrected chi connectivity index (χ3v) is 2.61. The van der Waals surface area contributed by atoms with E-state index < -0.39 is 0 Å². The monoisotopic (exact) mass is 181 g/mol. The molecule has 1 aromatic rings. The number of likely N-dealkylation sites (tertiary alicyclic amines) is 1. The van der Waals surface area contributed by atoms with Gasteiger partial charge in [-0.2, -0.15) is 4.98 Å². The molecule has 4 heteroatoms. The van der Waals surface area contributed by atoms with Crippen LogP contribution >= 0.6 is 0 Å². The Bertz CT molecular complexity index is 284. The van der Waals surface area contributed by atoms with Gasteiger partial charge in [-0.25, -0.2) is 0 Å². The lowest BCUT2D eigenvalue weighted by molar-refractivity contribution is 0.244. The number of aryl methyl sites for hydroxylation is 1. The average molecular weight is 181 g/mol. The predicted molar refractivity (Wildman–Crippen MR) is 48.3 cm³/mol. The van der Waals surface area contributed by atoms with E-state index >= 15 is 0 Å². The van der Waals surface area contributed by atoms with Crippen LogP contribution in [0.4, 0.5) is 0 Å². The van der Waals surface area contributed by atoms with Crippen molar-refractivity contribution < 1.29 is 4.52 Å². The SMILES string of the molecule is CCc1noc(C2CCCN2C)n1. The fraction of sp³-hybridized carbons (Fsp3) is 0.778. The van der Waals surface area contributed by atoms with Gasteiger partial charge >= 0.3 is 0 Å². The number of hydrogen-bond acceptors (Lipinski definition) is 4. The second-order valence-corrected chi connectivity index (χ2v) is 3.54. The van der Waals surface area contributed by atoms with E-state index in [4.69, 9.17) is 4.52 Å². The zero-order valence-corrected chi connectivity index (χ0v) is 8.16. The Balaban J connectivity index is 2.15. The van der Waals surface area contributed by atoms with Crippen LogP contribution in [0.25, 0.3) is 0 Å². The molecule has 1 atom stereocenters. The lowest BCUT2D eigenvalue weighted by atomic mass is 10.2. The lowest BCUT2D eigenvalue weighted by Crippen LogP contribution is -2.17. The molecule has 4 nitrogen and oxygen atoms in total. The van der Waals surface area contributed by atoms with Crippen LogP contribution < -0.4 is 0 Å². The van der Waals surface area contributed by atoms with Crippen LogP contribution in [0.1, 0.15) is 37.5 Å². The number of aromatic nitrogens is 2. The molecule has 1 aliphatic rings. The quantitative estimate of drug-likeness (QED) is 0.691. The van der Waals surface area contributed by atoms with Gasteiger partial charge in [-0.15, -0.1) is 0 Å². The first-order chi connectivity index (χ1) is 6.31. The molecule has 1 saturated heterocycles. The molecule has 1 aromatic heterocycles. The third-order valence-electron chi connectivity index (χ3n) is 2.61. The van der Waals surface area contributed by atoms with Crippen LogP contribution in [0.15, 0.2) is 4.52 Å². The second kappa shape index (κ2) is 3.46. The molecule has 0 radical (unpaired) electrons. The highest BCUT2D eigenvalue weighted by atomic mass is 16.5. The van der Waals surface area contributed by atoms with Crippen molar-refractivity contribution in [3.63, 3.8) is 0 Å². The van der Waals surface area contributed by atoms with Crippen molar-refractivity contribution in [1.29, 1.82) is 0 Å². The van der Waals surface area contributed by atoms with Crippen LogP contribution in [-0.2, 0) is 6.42 Å². The number of hydrogen-bond donors (Lipinski definition) is 0. The highest BCUT2D eigenvalue weighted by Crippen LogP contribution is 2.28. The van der Waals surface area contributed by atoms with E-state index in [2.05, 4.69) is 22.1 Å². The topological polar surface area (TPSA) is 42.2 Å². The van der Waals surface area contributed by atoms with E-state index in [0.717, 1.165) is 31.1 Å². The summed E-state index contributed by atoms with van der Waals surface area (Å²) in [4.78, 5) is 6.61. The molecule has 1 fully saturated rings. The summed E-state index contributed by atoms with van der Waals surface area (Å²) >= 11 is 0. The first kappa shape index (κ1) is 8.69. The minimum atomic E-state index is 0.354. The second-order valence-electron chi connectivity index (χ2n) is 3.54. The zero-order chi connectivity index (χ0) is 9.26. The van der Waals surface area contributed by atoms with Crippen molar-refractivity contribution >= 4 is 0 Å². The van der Waals surface area contributed by atoms with Gasteiger partial charge in [-0.3, -0.25) is 4.90 Å². The third kappa shape index (κ3) is 1.58. The molecule has 0 N–H and O–H groups in total. The molecule has 0 bridgehead atoms. The van der Waals surface area contributed by atoms with Crippen molar-refractivity contribution in [2.24, 2.45) is 0 Å². The van der Waals surface area contributed by atoms with Gasteiger partial charge in [0.15, 0.2) is 5.82 Å². The van der Waals surface area contributed by atoms with Gasteiger partial charge in [-0.1, -0.05) is 12.1 Å². The van der Waals surface area contributed by atoms with E-state index in [-0.39, 0.29) is 0 Å². The number of nitrogens with zero attached hydrogens (tertiary/aromatic N) is 3. The molecular weight excluding hydrogens is 166 g/mol. The molecule has 1 aliphatic heterocycles. The van der Waals surface area contributed by atoms with Crippen LogP contribution in [0.5, 0.6) is 0 Å². The van der Waals surface area contributed by atoms with Gasteiger partial charge in [-0.05, 0) is 26.4 Å². The first-order valence-corrected chi connectivity index (χ1v) is 4.84. The van der Waals surface area contributed by atoms with Gasteiger partial charge in [0.2, 0.25) is 5.89 Å². The van der Waals surface area contributed by atoms with Crippen molar-refractivity contribution in [1.82, 2.24) is 15.0 Å². The summed E-state index contributed by atoms with van der Waals surface area (Å²) in [6.45, 7) is 3.17. The Morgan fingerprint density at radius 3 is 3.00 bits per heavy atom. The lowest BCUT2D eigenvalue weighted by Gasteiger charge is -2.14. The van der Waals surface area contributed by atoms with Gasteiger partial charge in [0, 0.05) is 6.42 Å². The highest BCUT2D eigenvalue weighted by molar-refractivity contribution is 4.95. The first-order valence-electron chi connectivity index (χ1n) is 4.84. The molecule has 0 aromatic carbocycles. The summed E-state index contributed by atoms with van der Waals surface area (Å²) in [6, 6.07) is 0.354. The molecule has 13 heavy (non-hydrogen) atoms.